The zero-order valence-electron chi connectivity index (χ0n) is 31.5. The molecule has 1 unspecified atom stereocenters. The number of non-ortho nitro benzene ring substituents is 1. The molecule has 2 aliphatic heterocycles. The molecule has 1 fully saturated rings. The number of carbonyl (C=O) groups is 2. The first kappa shape index (κ1) is 38.5. The number of benzene rings is 4. The van der Waals surface area contributed by atoms with E-state index in [-0.39, 0.29) is 36.6 Å². The van der Waals surface area contributed by atoms with Crippen LogP contribution in [0.5, 0.6) is 5.75 Å². The molecular weight excluding hydrogens is 733 g/mol. The molecule has 4 aromatic carbocycles. The van der Waals surface area contributed by atoms with Crippen molar-refractivity contribution in [3.05, 3.63) is 141 Å². The largest absolute Gasteiger partial charge is 0.497 e. The highest BCUT2D eigenvalue weighted by Gasteiger charge is 2.66. The zero-order chi connectivity index (χ0) is 39.8. The minimum absolute atomic E-state index is 0.0954. The van der Waals surface area contributed by atoms with Crippen LogP contribution in [0, 0.1) is 16.0 Å². The van der Waals surface area contributed by atoms with Crippen molar-refractivity contribution in [2.24, 2.45) is 5.92 Å². The number of fused-ring (bicyclic) bond motifs is 2. The van der Waals surface area contributed by atoms with Crippen LogP contribution in [0.2, 0.25) is 18.6 Å². The molecule has 3 heterocycles. The third-order valence-corrected chi connectivity index (χ3v) is 13.5. The molecule has 0 saturated carbocycles. The molecule has 1 spiro atoms. The molecule has 14 nitrogen and oxygen atoms in total. The molecule has 56 heavy (non-hydrogen) atoms. The quantitative estimate of drug-likeness (QED) is 0.0728. The molecule has 290 valence electrons. The van der Waals surface area contributed by atoms with Gasteiger partial charge in [-0.25, -0.2) is 0 Å². The van der Waals surface area contributed by atoms with Gasteiger partial charge in [0.15, 0.2) is 13.9 Å². The number of hydrogen-bond donors (Lipinski definition) is 3. The predicted molar refractivity (Wildman–Crippen MR) is 211 cm³/mol. The third-order valence-electron chi connectivity index (χ3n) is 11.0. The van der Waals surface area contributed by atoms with Crippen molar-refractivity contribution in [2.45, 2.75) is 62.7 Å². The first-order valence-corrected chi connectivity index (χ1v) is 21.5. The van der Waals surface area contributed by atoms with Crippen LogP contribution in [-0.4, -0.2) is 69.8 Å². The Hall–Kier alpha value is -5.74. The Bertz CT molecular complexity index is 2240. The summed E-state index contributed by atoms with van der Waals surface area (Å²) in [7, 11) is -1.49. The molecule has 15 heteroatoms. The molecule has 3 N–H and O–H groups in total. The summed E-state index contributed by atoms with van der Waals surface area (Å²) in [6.45, 7) is 5.82. The van der Waals surface area contributed by atoms with Gasteiger partial charge in [-0.1, -0.05) is 54.6 Å². The number of methoxy groups -OCH3 is 1. The van der Waals surface area contributed by atoms with Crippen LogP contribution in [0.1, 0.15) is 52.0 Å². The van der Waals surface area contributed by atoms with Gasteiger partial charge in [0.25, 0.3) is 17.5 Å². The maximum absolute atomic E-state index is 15.0. The van der Waals surface area contributed by atoms with Crippen molar-refractivity contribution in [1.29, 1.82) is 0 Å². The van der Waals surface area contributed by atoms with Gasteiger partial charge in [0.05, 0.1) is 48.6 Å². The van der Waals surface area contributed by atoms with Gasteiger partial charge in [-0.05, 0) is 73.1 Å². The van der Waals surface area contributed by atoms with E-state index in [1.165, 1.54) is 12.1 Å². The van der Waals surface area contributed by atoms with Crippen LogP contribution in [0.3, 0.4) is 0 Å². The monoisotopic (exact) mass is 776 g/mol. The Morgan fingerprint density at radius 2 is 1.82 bits per heavy atom. The average Bonchev–Trinajstić information content (AvgIpc) is 3.84. The van der Waals surface area contributed by atoms with Gasteiger partial charge in [0.2, 0.25) is 0 Å². The van der Waals surface area contributed by atoms with E-state index in [1.54, 1.807) is 71.4 Å². The standard InChI is InChI=1S/C41H44N6O8Si/c1-26-38(56(3,4)53)37(19-20-45-24-35(43-44-45)33(25-48)28-10-6-5-7-11-28)55-41(26)34-22-31(47(51)52)15-18-36(34)46(40(41)50)23-27-9-8-12-30(21-27)42-39(49)29-13-16-32(54-2)17-14-29/h5-18,21-22,24,26,33,37-38,48,53H,19-20,23,25H2,1-4H3,(H,42,49)/t26-,33?,37+,38-,41+/m0/s1. The van der Waals surface area contributed by atoms with Crippen LogP contribution in [-0.2, 0) is 28.2 Å². The van der Waals surface area contributed by atoms with E-state index in [0.29, 0.717) is 52.5 Å². The fourth-order valence-corrected chi connectivity index (χ4v) is 11.0. The van der Waals surface area contributed by atoms with E-state index in [2.05, 4.69) is 15.6 Å². The highest BCUT2D eigenvalue weighted by atomic mass is 28.4. The van der Waals surface area contributed by atoms with Crippen LogP contribution in [0.25, 0.3) is 0 Å². The Morgan fingerprint density at radius 1 is 1.07 bits per heavy atom. The Balaban J connectivity index is 1.17. The molecule has 2 aliphatic rings. The van der Waals surface area contributed by atoms with Crippen molar-refractivity contribution in [2.75, 3.05) is 23.9 Å². The van der Waals surface area contributed by atoms with E-state index < -0.39 is 36.4 Å². The summed E-state index contributed by atoms with van der Waals surface area (Å²) in [4.78, 5) is 52.9. The molecule has 5 atom stereocenters. The number of nitrogens with one attached hydrogen (secondary N) is 1. The topological polar surface area (TPSA) is 182 Å². The van der Waals surface area contributed by atoms with Crippen LogP contribution in [0.4, 0.5) is 17.1 Å². The lowest BCUT2D eigenvalue weighted by Gasteiger charge is -2.32. The molecule has 0 bridgehead atoms. The fraction of sp³-hybridized carbons (Fsp3) is 0.317. The number of aryl methyl sites for hydroxylation is 1. The second-order valence-corrected chi connectivity index (χ2v) is 18.9. The van der Waals surface area contributed by atoms with E-state index >= 15 is 0 Å². The normalized spacial score (nSPS) is 20.9. The van der Waals surface area contributed by atoms with Crippen LogP contribution < -0.4 is 15.0 Å². The van der Waals surface area contributed by atoms with Crippen molar-refractivity contribution in [3.63, 3.8) is 0 Å². The lowest BCUT2D eigenvalue weighted by atomic mass is 9.82. The van der Waals surface area contributed by atoms with Gasteiger partial charge >= 0.3 is 0 Å². The third kappa shape index (κ3) is 7.21. The number of nitrogens with zero attached hydrogens (tertiary/aromatic N) is 5. The maximum Gasteiger partial charge on any atom is 0.269 e. The number of aliphatic hydroxyl groups is 1. The second kappa shape index (κ2) is 15.4. The summed E-state index contributed by atoms with van der Waals surface area (Å²) in [5.74, 6) is -0.963. The Labute approximate surface area is 325 Å². The summed E-state index contributed by atoms with van der Waals surface area (Å²) < 4.78 is 13.8. The van der Waals surface area contributed by atoms with Gasteiger partial charge < -0.3 is 29.6 Å². The summed E-state index contributed by atoms with van der Waals surface area (Å²) in [5, 5.41) is 33.8. The highest BCUT2D eigenvalue weighted by molar-refractivity contribution is 6.71. The van der Waals surface area contributed by atoms with Crippen molar-refractivity contribution < 1.29 is 33.9 Å². The smallest absolute Gasteiger partial charge is 0.269 e. The maximum atomic E-state index is 15.0. The number of aliphatic hydroxyl groups excluding tert-OH is 1. The summed E-state index contributed by atoms with van der Waals surface area (Å²) >= 11 is 0. The van der Waals surface area contributed by atoms with Gasteiger partial charge in [0, 0.05) is 53.1 Å². The van der Waals surface area contributed by atoms with Gasteiger partial charge in [-0.2, -0.15) is 0 Å². The van der Waals surface area contributed by atoms with Gasteiger partial charge in [-0.15, -0.1) is 5.10 Å². The van der Waals surface area contributed by atoms with Crippen molar-refractivity contribution in [3.8, 4) is 5.75 Å². The number of amides is 2. The molecule has 0 radical (unpaired) electrons. The molecule has 1 aromatic heterocycles. The van der Waals surface area contributed by atoms with Crippen molar-refractivity contribution in [1.82, 2.24) is 15.0 Å². The number of hydrogen-bond acceptors (Lipinski definition) is 10. The number of anilines is 2. The van der Waals surface area contributed by atoms with Gasteiger partial charge in [-0.3, -0.25) is 24.4 Å². The molecule has 7 rings (SSSR count). The minimum Gasteiger partial charge on any atom is -0.497 e. The van der Waals surface area contributed by atoms with Crippen LogP contribution in [0.15, 0.2) is 103 Å². The molecule has 0 aliphatic carbocycles. The van der Waals surface area contributed by atoms with Gasteiger partial charge in [0.1, 0.15) is 5.75 Å². The van der Waals surface area contributed by atoms with E-state index in [9.17, 15) is 29.6 Å². The first-order chi connectivity index (χ1) is 26.8. The number of nitro benzene ring substituents is 1. The molecule has 1 saturated heterocycles. The van der Waals surface area contributed by atoms with Crippen LogP contribution >= 0.6 is 0 Å². The summed E-state index contributed by atoms with van der Waals surface area (Å²) in [5.41, 5.74) is 1.86. The zero-order valence-corrected chi connectivity index (χ0v) is 32.5. The summed E-state index contributed by atoms with van der Waals surface area (Å²) in [6, 6.07) is 27.8. The van der Waals surface area contributed by atoms with E-state index in [1.807, 2.05) is 56.4 Å². The number of nitro groups is 1. The van der Waals surface area contributed by atoms with E-state index in [0.717, 1.165) is 5.56 Å². The first-order valence-electron chi connectivity index (χ1n) is 18.4. The number of ether oxygens (including phenoxy) is 2. The van der Waals surface area contributed by atoms with Crippen molar-refractivity contribution >= 4 is 37.2 Å². The summed E-state index contributed by atoms with van der Waals surface area (Å²) in [6.07, 6.45) is 1.56. The fourth-order valence-electron chi connectivity index (χ4n) is 8.38. The van der Waals surface area contributed by atoms with E-state index in [4.69, 9.17) is 9.47 Å². The minimum atomic E-state index is -3.04. The number of rotatable bonds is 13. The lowest BCUT2D eigenvalue weighted by Crippen LogP contribution is -2.46. The SMILES string of the molecule is COc1ccc(C(=O)Nc2cccc(CN3C(=O)[C@]4(O[C@H](CCn5cc(C(CO)c6ccccc6)nn5)[C@@H]([Si](C)(C)O)[C@@H]4C)c4cc([N+](=O)[O-])ccc43)c2)cc1. The average molecular weight is 777 g/mol. The predicted octanol–water partition coefficient (Wildman–Crippen LogP) is 6.01. The highest BCUT2D eigenvalue weighted by Crippen LogP contribution is 2.60. The Morgan fingerprint density at radius 3 is 2.50 bits per heavy atom. The Kier molecular flexibility index (Phi) is 10.6. The second-order valence-electron chi connectivity index (χ2n) is 14.9. The molecule has 5 aromatic rings. The molecule has 2 amide bonds. The molecular formula is C41H44N6O8Si. The number of aromatic nitrogens is 3. The lowest BCUT2D eigenvalue weighted by molar-refractivity contribution is -0.385. The number of carbonyl (C=O) groups excluding carboxylic acids is 2.